The van der Waals surface area contributed by atoms with Crippen molar-refractivity contribution < 1.29 is 9.18 Å². The minimum atomic E-state index is -0.474. The van der Waals surface area contributed by atoms with Crippen LogP contribution >= 0.6 is 0 Å². The molecule has 0 atom stereocenters. The number of aryl methyl sites for hydroxylation is 1. The number of rotatable bonds is 3. The molecular formula is C13H13FN4O. The lowest BCUT2D eigenvalue weighted by atomic mass is 10.1. The normalized spacial score (nSPS) is 10.2. The first-order chi connectivity index (χ1) is 9.06. The van der Waals surface area contributed by atoms with Crippen LogP contribution < -0.4 is 11.1 Å². The fraction of sp³-hybridized carbons (Fsp3) is 0.154. The van der Waals surface area contributed by atoms with E-state index in [1.807, 2.05) is 6.92 Å². The van der Waals surface area contributed by atoms with Gasteiger partial charge in [0.05, 0.1) is 29.7 Å². The second kappa shape index (κ2) is 5.43. The molecule has 0 unspecified atom stereocenters. The largest absolute Gasteiger partial charge is 0.398 e. The number of carbonyl (C=O) groups excluding carboxylic acids is 1. The summed E-state index contributed by atoms with van der Waals surface area (Å²) in [5.74, 6) is -0.849. The van der Waals surface area contributed by atoms with E-state index in [2.05, 4.69) is 15.3 Å². The lowest BCUT2D eigenvalue weighted by Crippen LogP contribution is -2.24. The molecule has 0 bridgehead atoms. The molecule has 0 radical (unpaired) electrons. The number of halogens is 1. The molecule has 19 heavy (non-hydrogen) atoms. The smallest absolute Gasteiger partial charge is 0.253 e. The minimum absolute atomic E-state index is 0.104. The summed E-state index contributed by atoms with van der Waals surface area (Å²) in [5.41, 5.74) is 7.37. The van der Waals surface area contributed by atoms with Crippen molar-refractivity contribution in [2.45, 2.75) is 13.5 Å². The molecule has 2 rings (SSSR count). The number of nitrogen functional groups attached to an aromatic ring is 1. The second-order valence-corrected chi connectivity index (χ2v) is 4.06. The fourth-order valence-corrected chi connectivity index (χ4v) is 1.52. The number of anilines is 1. The van der Waals surface area contributed by atoms with Crippen molar-refractivity contribution in [3.63, 3.8) is 0 Å². The van der Waals surface area contributed by atoms with Crippen LogP contribution in [-0.4, -0.2) is 15.9 Å². The Balaban J connectivity index is 2.03. The molecule has 0 fully saturated rings. The van der Waals surface area contributed by atoms with Crippen LogP contribution in [0, 0.1) is 12.7 Å². The zero-order chi connectivity index (χ0) is 13.8. The van der Waals surface area contributed by atoms with Gasteiger partial charge in [-0.05, 0) is 25.1 Å². The molecule has 0 aliphatic rings. The highest BCUT2D eigenvalue weighted by molar-refractivity contribution is 5.99. The van der Waals surface area contributed by atoms with Gasteiger partial charge in [-0.1, -0.05) is 0 Å². The quantitative estimate of drug-likeness (QED) is 0.818. The van der Waals surface area contributed by atoms with Crippen molar-refractivity contribution in [2.75, 3.05) is 5.73 Å². The predicted octanol–water partition coefficient (Wildman–Crippen LogP) is 1.44. The first kappa shape index (κ1) is 12.9. The molecule has 1 heterocycles. The Labute approximate surface area is 109 Å². The van der Waals surface area contributed by atoms with Crippen LogP contribution in [0.3, 0.4) is 0 Å². The van der Waals surface area contributed by atoms with Crippen LogP contribution in [0.5, 0.6) is 0 Å². The summed E-state index contributed by atoms with van der Waals surface area (Å²) in [5, 5.41) is 2.65. The highest BCUT2D eigenvalue weighted by Gasteiger charge is 2.10. The lowest BCUT2D eigenvalue weighted by Gasteiger charge is -2.07. The summed E-state index contributed by atoms with van der Waals surface area (Å²) < 4.78 is 12.9. The molecule has 98 valence electrons. The standard InChI is InChI=1S/C13H13FN4O/c1-8-5-17-10(6-16-8)7-18-13(19)11-3-2-9(14)4-12(11)15/h2-6H,7,15H2,1H3,(H,18,19). The van der Waals surface area contributed by atoms with Crippen LogP contribution in [0.15, 0.2) is 30.6 Å². The molecular weight excluding hydrogens is 247 g/mol. The summed E-state index contributed by atoms with van der Waals surface area (Å²) in [7, 11) is 0. The van der Waals surface area contributed by atoms with Crippen LogP contribution in [0.1, 0.15) is 21.7 Å². The molecule has 0 aliphatic heterocycles. The van der Waals surface area contributed by atoms with Crippen LogP contribution in [0.4, 0.5) is 10.1 Å². The molecule has 1 aromatic heterocycles. The van der Waals surface area contributed by atoms with Crippen LogP contribution in [-0.2, 0) is 6.54 Å². The van der Waals surface area contributed by atoms with E-state index in [9.17, 15) is 9.18 Å². The van der Waals surface area contributed by atoms with Gasteiger partial charge in [0.15, 0.2) is 0 Å². The van der Waals surface area contributed by atoms with E-state index < -0.39 is 5.82 Å². The zero-order valence-electron chi connectivity index (χ0n) is 10.4. The molecule has 6 heteroatoms. The number of nitrogens with two attached hydrogens (primary N) is 1. The number of nitrogens with one attached hydrogen (secondary N) is 1. The Hall–Kier alpha value is -2.50. The monoisotopic (exact) mass is 260 g/mol. The molecule has 0 saturated heterocycles. The minimum Gasteiger partial charge on any atom is -0.398 e. The molecule has 0 aliphatic carbocycles. The Kier molecular flexibility index (Phi) is 3.70. The molecule has 1 amide bonds. The number of benzene rings is 1. The third-order valence-corrected chi connectivity index (χ3v) is 2.52. The summed E-state index contributed by atoms with van der Waals surface area (Å²) in [6.45, 7) is 2.07. The zero-order valence-corrected chi connectivity index (χ0v) is 10.4. The summed E-state index contributed by atoms with van der Waals surface area (Å²) in [6, 6.07) is 3.65. The van der Waals surface area contributed by atoms with Crippen molar-refractivity contribution in [3.05, 3.63) is 53.4 Å². The summed E-state index contributed by atoms with van der Waals surface area (Å²) in [4.78, 5) is 20.0. The van der Waals surface area contributed by atoms with Crippen LogP contribution in [0.2, 0.25) is 0 Å². The second-order valence-electron chi connectivity index (χ2n) is 4.06. The molecule has 0 saturated carbocycles. The maximum Gasteiger partial charge on any atom is 0.253 e. The molecule has 1 aromatic carbocycles. The van der Waals surface area contributed by atoms with E-state index in [0.29, 0.717) is 5.69 Å². The average Bonchev–Trinajstić information content (AvgIpc) is 2.37. The van der Waals surface area contributed by atoms with Crippen molar-refractivity contribution in [2.24, 2.45) is 0 Å². The van der Waals surface area contributed by atoms with Gasteiger partial charge in [0.25, 0.3) is 5.91 Å². The van der Waals surface area contributed by atoms with Crippen molar-refractivity contribution in [3.8, 4) is 0 Å². The van der Waals surface area contributed by atoms with E-state index in [1.54, 1.807) is 12.4 Å². The number of nitrogens with zero attached hydrogens (tertiary/aromatic N) is 2. The highest BCUT2D eigenvalue weighted by atomic mass is 19.1. The predicted molar refractivity (Wildman–Crippen MR) is 68.8 cm³/mol. The maximum absolute atomic E-state index is 12.9. The molecule has 0 spiro atoms. The number of hydrogen-bond donors (Lipinski definition) is 2. The van der Waals surface area contributed by atoms with Gasteiger partial charge in [-0.15, -0.1) is 0 Å². The molecule has 3 N–H and O–H groups in total. The van der Waals surface area contributed by atoms with Crippen molar-refractivity contribution >= 4 is 11.6 Å². The van der Waals surface area contributed by atoms with Crippen LogP contribution in [0.25, 0.3) is 0 Å². The molecule has 5 nitrogen and oxygen atoms in total. The Bertz CT molecular complexity index is 598. The van der Waals surface area contributed by atoms with E-state index in [0.717, 1.165) is 11.8 Å². The van der Waals surface area contributed by atoms with Crippen molar-refractivity contribution in [1.82, 2.24) is 15.3 Å². The first-order valence-electron chi connectivity index (χ1n) is 5.67. The Morgan fingerprint density at radius 1 is 1.37 bits per heavy atom. The van der Waals surface area contributed by atoms with Gasteiger partial charge in [0.2, 0.25) is 0 Å². The maximum atomic E-state index is 12.9. The number of amides is 1. The van der Waals surface area contributed by atoms with E-state index in [-0.39, 0.29) is 23.7 Å². The third-order valence-electron chi connectivity index (χ3n) is 2.52. The number of hydrogen-bond acceptors (Lipinski definition) is 4. The summed E-state index contributed by atoms with van der Waals surface area (Å²) in [6.07, 6.45) is 3.21. The lowest BCUT2D eigenvalue weighted by molar-refractivity contribution is 0.0951. The Morgan fingerprint density at radius 2 is 2.16 bits per heavy atom. The van der Waals surface area contributed by atoms with Gasteiger partial charge in [0.1, 0.15) is 5.82 Å². The van der Waals surface area contributed by atoms with Gasteiger partial charge in [-0.25, -0.2) is 4.39 Å². The van der Waals surface area contributed by atoms with E-state index in [1.165, 1.54) is 12.1 Å². The van der Waals surface area contributed by atoms with Gasteiger partial charge < -0.3 is 11.1 Å². The van der Waals surface area contributed by atoms with E-state index >= 15 is 0 Å². The molecule has 2 aromatic rings. The van der Waals surface area contributed by atoms with Gasteiger partial charge in [0, 0.05) is 11.9 Å². The van der Waals surface area contributed by atoms with Gasteiger partial charge >= 0.3 is 0 Å². The van der Waals surface area contributed by atoms with Gasteiger partial charge in [-0.3, -0.25) is 14.8 Å². The Morgan fingerprint density at radius 3 is 2.79 bits per heavy atom. The summed E-state index contributed by atoms with van der Waals surface area (Å²) >= 11 is 0. The number of carbonyl (C=O) groups is 1. The van der Waals surface area contributed by atoms with Gasteiger partial charge in [-0.2, -0.15) is 0 Å². The van der Waals surface area contributed by atoms with E-state index in [4.69, 9.17) is 5.73 Å². The SMILES string of the molecule is Cc1cnc(CNC(=O)c2ccc(F)cc2N)cn1. The first-order valence-corrected chi connectivity index (χ1v) is 5.67. The number of aromatic nitrogens is 2. The topological polar surface area (TPSA) is 80.9 Å². The highest BCUT2D eigenvalue weighted by Crippen LogP contribution is 2.13. The third kappa shape index (κ3) is 3.25. The average molecular weight is 260 g/mol. The fourth-order valence-electron chi connectivity index (χ4n) is 1.52. The van der Waals surface area contributed by atoms with Crippen molar-refractivity contribution in [1.29, 1.82) is 0 Å².